The Morgan fingerprint density at radius 3 is 2.38 bits per heavy atom. The van der Waals surface area contributed by atoms with Crippen LogP contribution in [0.3, 0.4) is 0 Å². The monoisotopic (exact) mass is 809 g/mol. The first-order chi connectivity index (χ1) is 23.9. The third-order valence-electron chi connectivity index (χ3n) is 7.31. The van der Waals surface area contributed by atoms with Crippen LogP contribution in [0.4, 0.5) is 22.1 Å². The number of benzene rings is 3. The number of ether oxygens (including phenoxy) is 1. The highest BCUT2D eigenvalue weighted by molar-refractivity contribution is 14.1. The predicted octanol–water partition coefficient (Wildman–Crippen LogP) is 6.54. The van der Waals surface area contributed by atoms with Crippen molar-refractivity contribution in [2.75, 3.05) is 34.5 Å². The number of sulfone groups is 1. The van der Waals surface area contributed by atoms with E-state index in [0.29, 0.717) is 23.0 Å². The summed E-state index contributed by atoms with van der Waals surface area (Å²) in [6.45, 7) is 3.71. The van der Waals surface area contributed by atoms with Crippen LogP contribution in [0.1, 0.15) is 34.9 Å². The van der Waals surface area contributed by atoms with E-state index >= 15 is 0 Å². The van der Waals surface area contributed by atoms with E-state index in [9.17, 15) is 22.8 Å². The summed E-state index contributed by atoms with van der Waals surface area (Å²) in [4.78, 5) is 41.6. The number of aryl methyl sites for hydroxylation is 1. The minimum Gasteiger partial charge on any atom is -0.457 e. The molecule has 4 N–H and O–H groups in total. The molecule has 0 bridgehead atoms. The summed E-state index contributed by atoms with van der Waals surface area (Å²) in [5.41, 5.74) is 3.39. The fraction of sp³-hybridized carbons (Fsp3) is 0.229. The number of anilines is 3. The van der Waals surface area contributed by atoms with Crippen LogP contribution in [-0.4, -0.2) is 59.6 Å². The third-order valence-corrected chi connectivity index (χ3v) is 9.36. The van der Waals surface area contributed by atoms with E-state index in [1.807, 2.05) is 61.5 Å². The van der Waals surface area contributed by atoms with Crippen LogP contribution in [0.25, 0.3) is 16.5 Å². The van der Waals surface area contributed by atoms with Gasteiger partial charge >= 0.3 is 6.03 Å². The molecular weight excluding hydrogens is 773 g/mol. The molecule has 3 aromatic carbocycles. The Hall–Kier alpha value is -5.03. The Labute approximate surface area is 303 Å². The maximum atomic E-state index is 13.4. The van der Waals surface area contributed by atoms with Crippen LogP contribution in [0.5, 0.6) is 11.5 Å². The summed E-state index contributed by atoms with van der Waals surface area (Å²) in [7, 11) is -3.52. The lowest BCUT2D eigenvalue weighted by Crippen LogP contribution is -2.36. The largest absolute Gasteiger partial charge is 0.457 e. The van der Waals surface area contributed by atoms with Gasteiger partial charge in [0.15, 0.2) is 9.84 Å². The topological polar surface area (TPSA) is 173 Å². The average molecular weight is 810 g/mol. The maximum absolute atomic E-state index is 13.4. The van der Waals surface area contributed by atoms with E-state index in [1.165, 1.54) is 12.3 Å². The first-order valence-electron chi connectivity index (χ1n) is 15.7. The molecule has 260 valence electrons. The van der Waals surface area contributed by atoms with Gasteiger partial charge in [-0.1, -0.05) is 77.9 Å². The molecular formula is C35H36IN7O6S. The van der Waals surface area contributed by atoms with Crippen molar-refractivity contribution in [2.24, 2.45) is 0 Å². The van der Waals surface area contributed by atoms with Crippen molar-refractivity contribution in [3.05, 3.63) is 96.3 Å². The van der Waals surface area contributed by atoms with Crippen LogP contribution < -0.4 is 26.0 Å². The lowest BCUT2D eigenvalue weighted by Gasteiger charge is -2.15. The Kier molecular flexibility index (Phi) is 11.7. The van der Waals surface area contributed by atoms with Crippen LogP contribution >= 0.6 is 22.6 Å². The molecule has 0 spiro atoms. The highest BCUT2D eigenvalue weighted by atomic mass is 127. The number of carbonyl (C=O) groups is 3. The number of pyridine rings is 1. The van der Waals surface area contributed by atoms with Gasteiger partial charge in [0.05, 0.1) is 27.5 Å². The third kappa shape index (κ3) is 9.78. The molecule has 1 unspecified atom stereocenters. The number of alkyl halides is 1. The molecule has 50 heavy (non-hydrogen) atoms. The minimum absolute atomic E-state index is 0.167. The Morgan fingerprint density at radius 1 is 0.920 bits per heavy atom. The number of nitrogens with zero attached hydrogens (tertiary/aromatic N) is 3. The maximum Gasteiger partial charge on any atom is 0.324 e. The van der Waals surface area contributed by atoms with Crippen molar-refractivity contribution >= 4 is 78.4 Å². The van der Waals surface area contributed by atoms with Crippen LogP contribution in [0.15, 0.2) is 85.1 Å². The van der Waals surface area contributed by atoms with E-state index in [0.717, 1.165) is 46.8 Å². The van der Waals surface area contributed by atoms with E-state index < -0.39 is 40.0 Å². The summed E-state index contributed by atoms with van der Waals surface area (Å²) in [5, 5.41) is 17.0. The zero-order valence-corrected chi connectivity index (χ0v) is 30.5. The van der Waals surface area contributed by atoms with Gasteiger partial charge in [0.25, 0.3) is 0 Å². The van der Waals surface area contributed by atoms with Gasteiger partial charge in [0.1, 0.15) is 28.9 Å². The number of aromatic nitrogens is 3. The van der Waals surface area contributed by atoms with Gasteiger partial charge in [-0.3, -0.25) is 14.9 Å². The van der Waals surface area contributed by atoms with Crippen molar-refractivity contribution in [3.8, 4) is 17.2 Å². The number of amides is 4. The summed E-state index contributed by atoms with van der Waals surface area (Å²) >= 11 is 2.38. The highest BCUT2D eigenvalue weighted by Gasteiger charge is 2.19. The molecule has 2 heterocycles. The molecule has 15 heteroatoms. The predicted molar refractivity (Wildman–Crippen MR) is 202 cm³/mol. The van der Waals surface area contributed by atoms with Crippen LogP contribution in [0, 0.1) is 6.92 Å². The van der Waals surface area contributed by atoms with Gasteiger partial charge in [-0.15, -0.1) is 0 Å². The molecule has 0 saturated heterocycles. The van der Waals surface area contributed by atoms with Crippen molar-refractivity contribution in [1.29, 1.82) is 0 Å². The molecule has 0 fully saturated rings. The number of hydrogen-bond donors (Lipinski definition) is 4. The summed E-state index contributed by atoms with van der Waals surface area (Å²) in [5.74, 6) is -0.515. The standard InChI is InChI=1S/C35H36IN7O6S/c1-4-7-27(36)29-19-32(43(42-29)23-12-10-22(2)11-13-23)41-35(46)39-28-14-15-30(26-9-6-5-8-25(26)28)49-24-16-17-37-31(18-24)40-33(44)20-38-34(45)21-50(3,47)48/h5-6,8-19,27H,4,7,20-21H2,1-3H3,(H,38,45)(H,37,40,44)(H2,39,41,46). The van der Waals surface area contributed by atoms with Crippen molar-refractivity contribution in [2.45, 2.75) is 30.6 Å². The van der Waals surface area contributed by atoms with Crippen molar-refractivity contribution in [3.63, 3.8) is 0 Å². The first kappa shape index (κ1) is 36.3. The molecule has 0 saturated carbocycles. The molecule has 0 aliphatic heterocycles. The molecule has 4 amide bonds. The quantitative estimate of drug-likeness (QED) is 0.0767. The second-order valence-electron chi connectivity index (χ2n) is 11.6. The number of rotatable bonds is 13. The zero-order chi connectivity index (χ0) is 35.8. The van der Waals surface area contributed by atoms with Gasteiger partial charge in [0.2, 0.25) is 11.8 Å². The molecule has 5 rings (SSSR count). The van der Waals surface area contributed by atoms with Crippen molar-refractivity contribution in [1.82, 2.24) is 20.1 Å². The fourth-order valence-corrected chi connectivity index (χ4v) is 6.50. The molecule has 1 atom stereocenters. The molecule has 5 aromatic rings. The van der Waals surface area contributed by atoms with Crippen molar-refractivity contribution < 1.29 is 27.5 Å². The lowest BCUT2D eigenvalue weighted by molar-refractivity contribution is -0.122. The average Bonchev–Trinajstić information content (AvgIpc) is 3.48. The second-order valence-corrected chi connectivity index (χ2v) is 15.2. The summed E-state index contributed by atoms with van der Waals surface area (Å²) in [6.07, 6.45) is 4.35. The number of fused-ring (bicyclic) bond motifs is 1. The normalized spacial score (nSPS) is 11.8. The second kappa shape index (κ2) is 16.1. The SMILES string of the molecule is CCCC(I)c1cc(NC(=O)Nc2ccc(Oc3ccnc(NC(=O)CNC(=O)CS(C)(=O)=O)c3)c3ccccc23)n(-c2ccc(C)cc2)n1. The van der Waals surface area contributed by atoms with Crippen LogP contribution in [-0.2, 0) is 19.4 Å². The van der Waals surface area contributed by atoms with Gasteiger partial charge in [-0.2, -0.15) is 5.10 Å². The van der Waals surface area contributed by atoms with Gasteiger partial charge in [0, 0.05) is 35.4 Å². The van der Waals surface area contributed by atoms with Gasteiger partial charge < -0.3 is 20.7 Å². The highest BCUT2D eigenvalue weighted by Crippen LogP contribution is 2.35. The van der Waals surface area contributed by atoms with E-state index in [4.69, 9.17) is 9.84 Å². The Balaban J connectivity index is 1.30. The number of urea groups is 1. The lowest BCUT2D eigenvalue weighted by atomic mass is 10.1. The molecule has 0 radical (unpaired) electrons. The first-order valence-corrected chi connectivity index (χ1v) is 19.0. The Morgan fingerprint density at radius 2 is 1.66 bits per heavy atom. The fourth-order valence-electron chi connectivity index (χ4n) is 4.99. The molecule has 13 nitrogen and oxygen atoms in total. The molecule has 0 aliphatic carbocycles. The van der Waals surface area contributed by atoms with E-state index in [2.05, 4.69) is 55.8 Å². The van der Waals surface area contributed by atoms with Gasteiger partial charge in [-0.25, -0.2) is 22.9 Å². The Bertz CT molecular complexity index is 2140. The summed E-state index contributed by atoms with van der Waals surface area (Å²) < 4.78 is 30.6. The molecule has 0 aliphatic rings. The zero-order valence-electron chi connectivity index (χ0n) is 27.6. The summed E-state index contributed by atoms with van der Waals surface area (Å²) in [6, 6.07) is 23.4. The number of carbonyl (C=O) groups excluding carboxylic acids is 3. The smallest absolute Gasteiger partial charge is 0.324 e. The molecule has 2 aromatic heterocycles. The number of halogens is 1. The number of nitrogens with one attached hydrogen (secondary N) is 4. The van der Waals surface area contributed by atoms with E-state index in [-0.39, 0.29) is 9.74 Å². The van der Waals surface area contributed by atoms with E-state index in [1.54, 1.807) is 22.9 Å². The minimum atomic E-state index is -3.52. The van der Waals surface area contributed by atoms with Crippen LogP contribution in [0.2, 0.25) is 0 Å². The van der Waals surface area contributed by atoms with Gasteiger partial charge in [-0.05, 0) is 43.7 Å². The number of hydrogen-bond acceptors (Lipinski definition) is 8.